The molecule has 3 aromatic carbocycles. The highest BCUT2D eigenvalue weighted by Crippen LogP contribution is 2.53. The van der Waals surface area contributed by atoms with Crippen molar-refractivity contribution in [2.24, 2.45) is 0 Å². The van der Waals surface area contributed by atoms with Crippen LogP contribution in [-0.2, 0) is 16.1 Å². The zero-order chi connectivity index (χ0) is 32.4. The molecule has 1 aliphatic rings. The number of nitrogens with one attached hydrogen (secondary N) is 1. The number of ether oxygens (including phenoxy) is 5. The maximum Gasteiger partial charge on any atom is 0.249 e. The third-order valence-electron chi connectivity index (χ3n) is 7.66. The van der Waals surface area contributed by atoms with Crippen molar-refractivity contribution in [2.75, 3.05) is 35.0 Å². The molecule has 1 aliphatic heterocycles. The predicted molar refractivity (Wildman–Crippen MR) is 160 cm³/mol. The van der Waals surface area contributed by atoms with Gasteiger partial charge in [0.05, 0.1) is 34.0 Å². The van der Waals surface area contributed by atoms with Crippen LogP contribution in [0.15, 0.2) is 39.5 Å². The van der Waals surface area contributed by atoms with E-state index in [-0.39, 0.29) is 44.9 Å². The topological polar surface area (TPSA) is 166 Å². The maximum atomic E-state index is 15.1. The summed E-state index contributed by atoms with van der Waals surface area (Å²) >= 11 is 0. The smallest absolute Gasteiger partial charge is 0.249 e. The predicted octanol–water partition coefficient (Wildman–Crippen LogP) is 4.60. The van der Waals surface area contributed by atoms with Gasteiger partial charge in [0.15, 0.2) is 34.2 Å². The Labute approximate surface area is 256 Å². The number of carbonyl (C=O) groups is 1. The highest BCUT2D eigenvalue weighted by atomic mass is 19.1. The van der Waals surface area contributed by atoms with Crippen molar-refractivity contribution in [2.45, 2.75) is 31.9 Å². The van der Waals surface area contributed by atoms with E-state index in [0.29, 0.717) is 30.1 Å². The van der Waals surface area contributed by atoms with Crippen molar-refractivity contribution in [3.8, 4) is 62.7 Å². The molecule has 0 aliphatic carbocycles. The van der Waals surface area contributed by atoms with Gasteiger partial charge in [-0.2, -0.15) is 4.39 Å². The molecule has 45 heavy (non-hydrogen) atoms. The van der Waals surface area contributed by atoms with E-state index in [1.165, 1.54) is 40.6 Å². The first-order valence-electron chi connectivity index (χ1n) is 13.9. The molecule has 1 unspecified atom stereocenters. The lowest BCUT2D eigenvalue weighted by Gasteiger charge is -2.23. The molecular formula is C32H32FNO11. The van der Waals surface area contributed by atoms with Gasteiger partial charge >= 0.3 is 0 Å². The molecule has 12 nitrogen and oxygen atoms in total. The lowest BCUT2D eigenvalue weighted by Crippen LogP contribution is -2.38. The number of phenols is 3. The van der Waals surface area contributed by atoms with Gasteiger partial charge in [0, 0.05) is 42.0 Å². The molecule has 1 saturated heterocycles. The summed E-state index contributed by atoms with van der Waals surface area (Å²) in [5.41, 5.74) is -0.823. The highest BCUT2D eigenvalue weighted by molar-refractivity contribution is 5.99. The van der Waals surface area contributed by atoms with Crippen molar-refractivity contribution in [3.63, 3.8) is 0 Å². The lowest BCUT2D eigenvalue weighted by atomic mass is 9.93. The minimum atomic E-state index is -1.53. The Bertz CT molecular complexity index is 1830. The normalized spacial score (nSPS) is 14.6. The number of halogens is 1. The van der Waals surface area contributed by atoms with E-state index in [0.717, 1.165) is 12.8 Å². The van der Waals surface area contributed by atoms with Gasteiger partial charge in [0.25, 0.3) is 0 Å². The van der Waals surface area contributed by atoms with Gasteiger partial charge in [0.1, 0.15) is 34.3 Å². The SMILES string of the molecule is COc1ccc(-c2cc(=O)c3c(OC)c(-c4c(O)c(F)c(O)c(O)c4CNC(=O)C4CCCCO4)c(OC)cc3o2)cc1OC. The number of amides is 1. The summed E-state index contributed by atoms with van der Waals surface area (Å²) in [5.74, 6) is -4.45. The molecular weight excluding hydrogens is 593 g/mol. The Morgan fingerprint density at radius 1 is 0.911 bits per heavy atom. The molecule has 5 rings (SSSR count). The first-order chi connectivity index (χ1) is 21.6. The van der Waals surface area contributed by atoms with Crippen LogP contribution in [0.4, 0.5) is 4.39 Å². The molecule has 0 saturated carbocycles. The largest absolute Gasteiger partial charge is 0.504 e. The van der Waals surface area contributed by atoms with Crippen LogP contribution in [0, 0.1) is 5.82 Å². The number of hydrogen-bond donors (Lipinski definition) is 4. The summed E-state index contributed by atoms with van der Waals surface area (Å²) in [6, 6.07) is 7.52. The maximum absolute atomic E-state index is 15.1. The van der Waals surface area contributed by atoms with Crippen LogP contribution in [0.25, 0.3) is 33.4 Å². The number of fused-ring (bicyclic) bond motifs is 1. The Kier molecular flexibility index (Phi) is 8.91. The number of hydrogen-bond acceptors (Lipinski definition) is 11. The van der Waals surface area contributed by atoms with Gasteiger partial charge in [0.2, 0.25) is 11.7 Å². The summed E-state index contributed by atoms with van der Waals surface area (Å²) in [5, 5.41) is 34.6. The molecule has 0 bridgehead atoms. The summed E-state index contributed by atoms with van der Waals surface area (Å²) < 4.78 is 48.5. The van der Waals surface area contributed by atoms with Crippen LogP contribution in [0.5, 0.6) is 40.2 Å². The third kappa shape index (κ3) is 5.62. The summed E-state index contributed by atoms with van der Waals surface area (Å²) in [6.45, 7) is -0.0487. The fourth-order valence-corrected chi connectivity index (χ4v) is 5.41. The van der Waals surface area contributed by atoms with Crippen LogP contribution in [0.3, 0.4) is 0 Å². The zero-order valence-electron chi connectivity index (χ0n) is 25.0. The number of rotatable bonds is 9. The number of carbonyl (C=O) groups excluding carboxylic acids is 1. The van der Waals surface area contributed by atoms with Gasteiger partial charge < -0.3 is 48.7 Å². The van der Waals surface area contributed by atoms with Crippen molar-refractivity contribution in [3.05, 3.63) is 51.9 Å². The molecule has 0 radical (unpaired) electrons. The molecule has 1 atom stereocenters. The second kappa shape index (κ2) is 12.8. The minimum Gasteiger partial charge on any atom is -0.504 e. The molecule has 238 valence electrons. The fourth-order valence-electron chi connectivity index (χ4n) is 5.41. The van der Waals surface area contributed by atoms with Crippen molar-refractivity contribution in [1.29, 1.82) is 0 Å². The van der Waals surface area contributed by atoms with E-state index in [1.807, 2.05) is 0 Å². The lowest BCUT2D eigenvalue weighted by molar-refractivity contribution is -0.135. The van der Waals surface area contributed by atoms with Gasteiger partial charge in [-0.05, 0) is 37.5 Å². The Hall–Kier alpha value is -5.17. The van der Waals surface area contributed by atoms with Gasteiger partial charge in [-0.3, -0.25) is 9.59 Å². The second-order valence-corrected chi connectivity index (χ2v) is 10.2. The van der Waals surface area contributed by atoms with E-state index >= 15 is 4.39 Å². The number of benzene rings is 3. The minimum absolute atomic E-state index is 0.0250. The van der Waals surface area contributed by atoms with Crippen LogP contribution >= 0.6 is 0 Å². The quantitative estimate of drug-likeness (QED) is 0.152. The van der Waals surface area contributed by atoms with Gasteiger partial charge in [-0.1, -0.05) is 0 Å². The first-order valence-corrected chi connectivity index (χ1v) is 13.9. The van der Waals surface area contributed by atoms with Gasteiger partial charge in [-0.25, -0.2) is 0 Å². The van der Waals surface area contributed by atoms with Gasteiger partial charge in [-0.15, -0.1) is 0 Å². The van der Waals surface area contributed by atoms with Crippen LogP contribution < -0.4 is 29.7 Å². The summed E-state index contributed by atoms with van der Waals surface area (Å²) in [7, 11) is 5.50. The van der Waals surface area contributed by atoms with E-state index in [2.05, 4.69) is 5.32 Å². The standard InChI is InChI=1S/C32H32FNO11/c1-40-18-9-8-15(11-21(18)41-2)20-12-17(35)25-23(45-20)13-22(42-3)26(31(25)43-4)24-16(28(36)30(38)27(33)29(24)37)14-34-32(39)19-7-5-6-10-44-19/h8-9,11-13,19,36-38H,5-7,10,14H2,1-4H3,(H,34,39). The highest BCUT2D eigenvalue weighted by Gasteiger charge is 2.32. The van der Waals surface area contributed by atoms with E-state index in [9.17, 15) is 24.9 Å². The number of methoxy groups -OCH3 is 4. The molecule has 0 spiro atoms. The van der Waals surface area contributed by atoms with E-state index in [4.69, 9.17) is 28.1 Å². The van der Waals surface area contributed by atoms with Crippen LogP contribution in [0.2, 0.25) is 0 Å². The van der Waals surface area contributed by atoms with E-state index < -0.39 is 47.1 Å². The van der Waals surface area contributed by atoms with E-state index in [1.54, 1.807) is 18.2 Å². The summed E-state index contributed by atoms with van der Waals surface area (Å²) in [6.07, 6.45) is 1.35. The molecule has 2 heterocycles. The molecule has 13 heteroatoms. The Morgan fingerprint density at radius 2 is 1.64 bits per heavy atom. The number of aromatic hydroxyl groups is 3. The fraction of sp³-hybridized carbons (Fsp3) is 0.312. The first kappa shape index (κ1) is 31.3. The second-order valence-electron chi connectivity index (χ2n) is 10.2. The Morgan fingerprint density at radius 3 is 2.29 bits per heavy atom. The van der Waals surface area contributed by atoms with Crippen molar-refractivity contribution >= 4 is 16.9 Å². The number of phenolic OH excluding ortho intramolecular Hbond substituents is 3. The Balaban J connectivity index is 1.70. The molecule has 4 N–H and O–H groups in total. The average molecular weight is 626 g/mol. The average Bonchev–Trinajstić information content (AvgIpc) is 3.07. The molecule has 1 fully saturated rings. The van der Waals surface area contributed by atoms with Crippen molar-refractivity contribution in [1.82, 2.24) is 5.32 Å². The van der Waals surface area contributed by atoms with Crippen LogP contribution in [-0.4, -0.2) is 62.4 Å². The molecule has 1 amide bonds. The van der Waals surface area contributed by atoms with Crippen LogP contribution in [0.1, 0.15) is 24.8 Å². The zero-order valence-corrected chi connectivity index (χ0v) is 25.0. The molecule has 4 aromatic rings. The third-order valence-corrected chi connectivity index (χ3v) is 7.66. The van der Waals surface area contributed by atoms with Crippen molar-refractivity contribution < 1.29 is 52.6 Å². The molecule has 1 aromatic heterocycles. The monoisotopic (exact) mass is 625 g/mol. The summed E-state index contributed by atoms with van der Waals surface area (Å²) in [4.78, 5) is 26.5.